The zero-order valence-electron chi connectivity index (χ0n) is 9.95. The van der Waals surface area contributed by atoms with Gasteiger partial charge < -0.3 is 14.8 Å². The summed E-state index contributed by atoms with van der Waals surface area (Å²) in [7, 11) is 0. The number of hydrogen-bond acceptors (Lipinski definition) is 3. The molecule has 1 N–H and O–H groups in total. The molecule has 19 heavy (non-hydrogen) atoms. The number of nitrogens with one attached hydrogen (secondary N) is 1. The van der Waals surface area contributed by atoms with Crippen molar-refractivity contribution in [1.82, 2.24) is 0 Å². The molecule has 3 nitrogen and oxygen atoms in total. The molecule has 3 rings (SSSR count). The minimum atomic E-state index is 0.288. The van der Waals surface area contributed by atoms with E-state index in [2.05, 4.69) is 27.9 Å². The van der Waals surface area contributed by atoms with E-state index < -0.39 is 0 Å². The molecule has 1 aliphatic heterocycles. The summed E-state index contributed by atoms with van der Waals surface area (Å²) in [6.45, 7) is 0.934. The average Bonchev–Trinajstić information content (AvgIpc) is 2.86. The molecule has 0 radical (unpaired) electrons. The minimum Gasteiger partial charge on any atom is -0.454 e. The molecule has 0 aromatic heterocycles. The minimum absolute atomic E-state index is 0.288. The second-order valence-electron chi connectivity index (χ2n) is 4.13. The topological polar surface area (TPSA) is 30.5 Å². The number of halogens is 2. The third-order valence-electron chi connectivity index (χ3n) is 2.88. The van der Waals surface area contributed by atoms with Crippen LogP contribution in [0.2, 0.25) is 5.02 Å². The third kappa shape index (κ3) is 2.74. The van der Waals surface area contributed by atoms with E-state index in [-0.39, 0.29) is 6.79 Å². The van der Waals surface area contributed by atoms with E-state index in [0.717, 1.165) is 31.3 Å². The van der Waals surface area contributed by atoms with Crippen LogP contribution >= 0.6 is 34.2 Å². The molecule has 0 saturated heterocycles. The molecule has 1 heterocycles. The van der Waals surface area contributed by atoms with Crippen molar-refractivity contribution in [2.75, 3.05) is 12.1 Å². The van der Waals surface area contributed by atoms with Crippen molar-refractivity contribution in [3.8, 4) is 11.5 Å². The monoisotopic (exact) mass is 387 g/mol. The van der Waals surface area contributed by atoms with Crippen LogP contribution in [0.15, 0.2) is 36.4 Å². The molecule has 0 aliphatic carbocycles. The highest BCUT2D eigenvalue weighted by molar-refractivity contribution is 14.1. The quantitative estimate of drug-likeness (QED) is 0.797. The summed E-state index contributed by atoms with van der Waals surface area (Å²) in [4.78, 5) is 0. The van der Waals surface area contributed by atoms with E-state index in [1.54, 1.807) is 0 Å². The van der Waals surface area contributed by atoms with Gasteiger partial charge in [0.25, 0.3) is 0 Å². The van der Waals surface area contributed by atoms with Crippen LogP contribution in [0.4, 0.5) is 5.69 Å². The maximum absolute atomic E-state index is 6.19. The lowest BCUT2D eigenvalue weighted by molar-refractivity contribution is 0.173. The van der Waals surface area contributed by atoms with Crippen LogP contribution in [0, 0.1) is 3.57 Å². The number of rotatable bonds is 3. The van der Waals surface area contributed by atoms with Gasteiger partial charge in [0, 0.05) is 15.7 Å². The number of para-hydroxylation sites is 1. The van der Waals surface area contributed by atoms with E-state index in [1.807, 2.05) is 36.4 Å². The molecule has 2 aromatic rings. The van der Waals surface area contributed by atoms with Crippen LogP contribution in [-0.2, 0) is 6.54 Å². The van der Waals surface area contributed by atoms with Crippen molar-refractivity contribution in [3.63, 3.8) is 0 Å². The van der Waals surface area contributed by atoms with Crippen LogP contribution in [0.1, 0.15) is 5.56 Å². The maximum atomic E-state index is 6.19. The Bertz CT molecular complexity index is 618. The summed E-state index contributed by atoms with van der Waals surface area (Å²) < 4.78 is 11.9. The van der Waals surface area contributed by atoms with Gasteiger partial charge >= 0.3 is 0 Å². The van der Waals surface area contributed by atoms with Gasteiger partial charge in [0.2, 0.25) is 6.79 Å². The SMILES string of the molecule is Clc1cc(I)ccc1NCc1cccc2c1OCO2. The van der Waals surface area contributed by atoms with E-state index in [1.165, 1.54) is 0 Å². The molecule has 0 amide bonds. The van der Waals surface area contributed by atoms with Gasteiger partial charge in [-0.3, -0.25) is 0 Å². The van der Waals surface area contributed by atoms with Crippen molar-refractivity contribution < 1.29 is 9.47 Å². The first-order valence-electron chi connectivity index (χ1n) is 5.80. The summed E-state index contributed by atoms with van der Waals surface area (Å²) in [6, 6.07) is 11.8. The van der Waals surface area contributed by atoms with E-state index in [0.29, 0.717) is 6.54 Å². The van der Waals surface area contributed by atoms with Gasteiger partial charge in [-0.25, -0.2) is 0 Å². The first-order chi connectivity index (χ1) is 9.24. The van der Waals surface area contributed by atoms with Crippen LogP contribution in [0.3, 0.4) is 0 Å². The Kier molecular flexibility index (Phi) is 3.70. The van der Waals surface area contributed by atoms with Gasteiger partial charge in [0.15, 0.2) is 11.5 Å². The lowest BCUT2D eigenvalue weighted by atomic mass is 10.2. The van der Waals surface area contributed by atoms with Crippen LogP contribution < -0.4 is 14.8 Å². The van der Waals surface area contributed by atoms with E-state index in [4.69, 9.17) is 21.1 Å². The fourth-order valence-electron chi connectivity index (χ4n) is 1.95. The largest absolute Gasteiger partial charge is 0.454 e. The molecule has 5 heteroatoms. The van der Waals surface area contributed by atoms with Crippen LogP contribution in [0.5, 0.6) is 11.5 Å². The predicted molar refractivity (Wildman–Crippen MR) is 84.1 cm³/mol. The molecule has 1 aliphatic rings. The number of fused-ring (bicyclic) bond motifs is 1. The van der Waals surface area contributed by atoms with Crippen molar-refractivity contribution in [3.05, 3.63) is 50.6 Å². The first kappa shape index (κ1) is 12.9. The van der Waals surface area contributed by atoms with Gasteiger partial charge in [-0.2, -0.15) is 0 Å². The molecule has 0 spiro atoms. The van der Waals surface area contributed by atoms with E-state index >= 15 is 0 Å². The number of hydrogen-bond donors (Lipinski definition) is 1. The number of benzene rings is 2. The molecular formula is C14H11ClINO2. The highest BCUT2D eigenvalue weighted by Gasteiger charge is 2.16. The molecule has 2 aromatic carbocycles. The average molecular weight is 388 g/mol. The lowest BCUT2D eigenvalue weighted by Gasteiger charge is -2.10. The zero-order valence-corrected chi connectivity index (χ0v) is 12.9. The summed E-state index contributed by atoms with van der Waals surface area (Å²) in [5, 5.41) is 4.03. The first-order valence-corrected chi connectivity index (χ1v) is 7.26. The maximum Gasteiger partial charge on any atom is 0.231 e. The number of ether oxygens (including phenoxy) is 2. The summed E-state index contributed by atoms with van der Waals surface area (Å²) in [6.07, 6.45) is 0. The standard InChI is InChI=1S/C14H11ClINO2/c15-11-6-10(16)4-5-12(11)17-7-9-2-1-3-13-14(9)19-8-18-13/h1-6,17H,7-8H2. The molecular weight excluding hydrogens is 377 g/mol. The molecule has 0 bridgehead atoms. The number of anilines is 1. The van der Waals surface area contributed by atoms with Gasteiger partial charge in [-0.05, 0) is 46.9 Å². The molecule has 98 valence electrons. The van der Waals surface area contributed by atoms with Crippen LogP contribution in [-0.4, -0.2) is 6.79 Å². The predicted octanol–water partition coefficient (Wildman–Crippen LogP) is 4.29. The highest BCUT2D eigenvalue weighted by Crippen LogP contribution is 2.36. The highest BCUT2D eigenvalue weighted by atomic mass is 127. The van der Waals surface area contributed by atoms with Crippen molar-refractivity contribution in [2.45, 2.75) is 6.54 Å². The van der Waals surface area contributed by atoms with Gasteiger partial charge in [0.1, 0.15) is 0 Å². The van der Waals surface area contributed by atoms with Gasteiger partial charge in [-0.15, -0.1) is 0 Å². The van der Waals surface area contributed by atoms with Crippen molar-refractivity contribution >= 4 is 39.9 Å². The summed E-state index contributed by atoms with van der Waals surface area (Å²) in [5.74, 6) is 1.62. The van der Waals surface area contributed by atoms with Gasteiger partial charge in [0.05, 0.1) is 10.7 Å². The fourth-order valence-corrected chi connectivity index (χ4v) is 2.88. The molecule has 0 unspecified atom stereocenters. The molecule has 0 saturated carbocycles. The van der Waals surface area contributed by atoms with Crippen LogP contribution in [0.25, 0.3) is 0 Å². The normalized spacial score (nSPS) is 12.5. The Morgan fingerprint density at radius 2 is 2.11 bits per heavy atom. The lowest BCUT2D eigenvalue weighted by Crippen LogP contribution is -2.01. The Labute approximate surface area is 130 Å². The molecule has 0 atom stereocenters. The Hall–Kier alpha value is -1.14. The molecule has 0 fully saturated rings. The zero-order chi connectivity index (χ0) is 13.2. The van der Waals surface area contributed by atoms with E-state index in [9.17, 15) is 0 Å². The second-order valence-corrected chi connectivity index (χ2v) is 5.78. The van der Waals surface area contributed by atoms with Crippen molar-refractivity contribution in [2.24, 2.45) is 0 Å². The van der Waals surface area contributed by atoms with Gasteiger partial charge in [-0.1, -0.05) is 23.7 Å². The van der Waals surface area contributed by atoms with Crippen molar-refractivity contribution in [1.29, 1.82) is 0 Å². The Morgan fingerprint density at radius 3 is 2.95 bits per heavy atom. The third-order valence-corrected chi connectivity index (χ3v) is 3.86. The summed E-state index contributed by atoms with van der Waals surface area (Å²) in [5.41, 5.74) is 1.98. The Morgan fingerprint density at radius 1 is 1.21 bits per heavy atom. The fraction of sp³-hybridized carbons (Fsp3) is 0.143. The Balaban J connectivity index is 1.78. The second kappa shape index (κ2) is 5.46. The smallest absolute Gasteiger partial charge is 0.231 e. The summed E-state index contributed by atoms with van der Waals surface area (Å²) >= 11 is 8.43.